The van der Waals surface area contributed by atoms with E-state index in [9.17, 15) is 18.0 Å². The molecule has 1 saturated heterocycles. The second-order valence-corrected chi connectivity index (χ2v) is 8.29. The fraction of sp³-hybridized carbons (Fsp3) is 0.478. The highest BCUT2D eigenvalue weighted by molar-refractivity contribution is 5.77. The lowest BCUT2D eigenvalue weighted by molar-refractivity contribution is -0.142. The van der Waals surface area contributed by atoms with Gasteiger partial charge < -0.3 is 10.5 Å². The summed E-state index contributed by atoms with van der Waals surface area (Å²) < 4.78 is 45.7. The molecule has 1 atom stereocenters. The van der Waals surface area contributed by atoms with Crippen LogP contribution in [0.5, 0.6) is 0 Å². The lowest BCUT2D eigenvalue weighted by atomic mass is 9.91. The first-order valence-corrected chi connectivity index (χ1v) is 10.9. The summed E-state index contributed by atoms with van der Waals surface area (Å²) in [5.41, 5.74) is 8.97. The van der Waals surface area contributed by atoms with Crippen molar-refractivity contribution in [2.45, 2.75) is 63.9 Å². The van der Waals surface area contributed by atoms with Crippen LogP contribution in [-0.4, -0.2) is 33.5 Å². The van der Waals surface area contributed by atoms with Gasteiger partial charge in [0.25, 0.3) is 0 Å². The van der Waals surface area contributed by atoms with Gasteiger partial charge in [-0.1, -0.05) is 36.4 Å². The molecule has 0 spiro atoms. The molecule has 1 aromatic heterocycles. The number of ether oxygens (including phenoxy) is 1. The molecule has 2 N–H and O–H groups in total. The fourth-order valence-electron chi connectivity index (χ4n) is 4.48. The predicted molar refractivity (Wildman–Crippen MR) is 114 cm³/mol. The molecule has 9 heteroatoms. The quantitative estimate of drug-likeness (QED) is 0.659. The molecule has 1 amide bonds. The van der Waals surface area contributed by atoms with Crippen LogP contribution < -0.4 is 5.73 Å². The Labute approximate surface area is 184 Å². The third-order valence-electron chi connectivity index (χ3n) is 5.97. The predicted octanol–water partition coefficient (Wildman–Crippen LogP) is 5.46. The third-order valence-corrected chi connectivity index (χ3v) is 5.97. The standard InChI is InChI=1S/C23H27F3N4O2/c24-23(25,26)15-30-21(27)19(17-10-5-2-6-11-17)20(28-30)18-12-7-13-29(18)22(31)32-14-16-8-3-1-4-9-16/h1,3-4,8-10,18H,2,5-7,11-15,27H2. The molecule has 1 fully saturated rings. The van der Waals surface area contributed by atoms with E-state index in [1.54, 1.807) is 4.90 Å². The van der Waals surface area contributed by atoms with E-state index in [4.69, 9.17) is 10.5 Å². The molecule has 32 heavy (non-hydrogen) atoms. The molecular formula is C23H27F3N4O2. The molecule has 0 radical (unpaired) electrons. The highest BCUT2D eigenvalue weighted by Gasteiger charge is 2.38. The zero-order valence-electron chi connectivity index (χ0n) is 17.8. The first-order chi connectivity index (χ1) is 15.3. The monoisotopic (exact) mass is 448 g/mol. The number of hydrogen-bond donors (Lipinski definition) is 1. The summed E-state index contributed by atoms with van der Waals surface area (Å²) in [6.07, 6.45) is 1.99. The van der Waals surface area contributed by atoms with Gasteiger partial charge in [-0.25, -0.2) is 9.48 Å². The number of carbonyl (C=O) groups excluding carboxylic acids is 1. The Morgan fingerprint density at radius 2 is 1.97 bits per heavy atom. The van der Waals surface area contributed by atoms with Crippen LogP contribution in [0, 0.1) is 0 Å². The SMILES string of the molecule is Nc1c(C2=CCCCC2)c(C2CCCN2C(=O)OCc2ccccc2)nn1CC(F)(F)F. The van der Waals surface area contributed by atoms with Gasteiger partial charge in [0.2, 0.25) is 0 Å². The summed E-state index contributed by atoms with van der Waals surface area (Å²) >= 11 is 0. The van der Waals surface area contributed by atoms with Crippen LogP contribution in [0.4, 0.5) is 23.8 Å². The maximum Gasteiger partial charge on any atom is 0.410 e. The van der Waals surface area contributed by atoms with Gasteiger partial charge in [-0.05, 0) is 49.7 Å². The van der Waals surface area contributed by atoms with Crippen LogP contribution in [0.2, 0.25) is 0 Å². The van der Waals surface area contributed by atoms with Gasteiger partial charge in [-0.2, -0.15) is 18.3 Å². The highest BCUT2D eigenvalue weighted by Crippen LogP contribution is 2.41. The molecule has 1 aliphatic heterocycles. The summed E-state index contributed by atoms with van der Waals surface area (Å²) in [4.78, 5) is 14.4. The Morgan fingerprint density at radius 3 is 2.66 bits per heavy atom. The zero-order valence-corrected chi connectivity index (χ0v) is 17.8. The number of allylic oxidation sites excluding steroid dienone is 2. The molecule has 6 nitrogen and oxygen atoms in total. The van der Waals surface area contributed by atoms with Crippen molar-refractivity contribution in [3.8, 4) is 0 Å². The largest absolute Gasteiger partial charge is 0.445 e. The molecule has 2 aliphatic rings. The number of anilines is 1. The van der Waals surface area contributed by atoms with Gasteiger partial charge >= 0.3 is 12.3 Å². The van der Waals surface area contributed by atoms with E-state index in [2.05, 4.69) is 5.10 Å². The van der Waals surface area contributed by atoms with Gasteiger partial charge in [0, 0.05) is 12.1 Å². The van der Waals surface area contributed by atoms with Crippen molar-refractivity contribution in [3.63, 3.8) is 0 Å². The molecule has 1 aliphatic carbocycles. The molecule has 172 valence electrons. The number of hydrogen-bond acceptors (Lipinski definition) is 4. The number of aromatic nitrogens is 2. The molecular weight excluding hydrogens is 421 g/mol. The summed E-state index contributed by atoms with van der Waals surface area (Å²) in [5.74, 6) is 0.00924. The van der Waals surface area contributed by atoms with Gasteiger partial charge in [0.05, 0.1) is 11.7 Å². The maximum atomic E-state index is 13.1. The van der Waals surface area contributed by atoms with Crippen LogP contribution in [0.25, 0.3) is 5.57 Å². The van der Waals surface area contributed by atoms with E-state index < -0.39 is 24.9 Å². The molecule has 4 rings (SSSR count). The normalized spacial score (nSPS) is 19.2. The van der Waals surface area contributed by atoms with Crippen molar-refractivity contribution in [2.24, 2.45) is 0 Å². The molecule has 0 bridgehead atoms. The average molecular weight is 448 g/mol. The van der Waals surface area contributed by atoms with Gasteiger partial charge in [-0.3, -0.25) is 4.90 Å². The number of halogens is 3. The number of nitrogens with zero attached hydrogens (tertiary/aromatic N) is 3. The zero-order chi connectivity index (χ0) is 22.7. The minimum Gasteiger partial charge on any atom is -0.445 e. The van der Waals surface area contributed by atoms with Crippen molar-refractivity contribution in [3.05, 3.63) is 53.2 Å². The van der Waals surface area contributed by atoms with Crippen molar-refractivity contribution < 1.29 is 22.7 Å². The van der Waals surface area contributed by atoms with E-state index in [1.165, 1.54) is 0 Å². The lowest BCUT2D eigenvalue weighted by Crippen LogP contribution is -2.31. The van der Waals surface area contributed by atoms with Crippen molar-refractivity contribution in [1.82, 2.24) is 14.7 Å². The van der Waals surface area contributed by atoms with E-state index in [0.717, 1.165) is 47.9 Å². The molecule has 1 aromatic carbocycles. The van der Waals surface area contributed by atoms with Crippen LogP contribution in [-0.2, 0) is 17.9 Å². The minimum absolute atomic E-state index is 0.00924. The second-order valence-electron chi connectivity index (χ2n) is 8.29. The van der Waals surface area contributed by atoms with Crippen molar-refractivity contribution in [2.75, 3.05) is 12.3 Å². The number of nitrogen functional groups attached to an aromatic ring is 1. The topological polar surface area (TPSA) is 73.4 Å². The summed E-state index contributed by atoms with van der Waals surface area (Å²) in [6.45, 7) is -0.668. The Bertz CT molecular complexity index is 985. The number of amides is 1. The van der Waals surface area contributed by atoms with Crippen LogP contribution >= 0.6 is 0 Å². The van der Waals surface area contributed by atoms with Gasteiger partial charge in [0.15, 0.2) is 0 Å². The molecule has 2 aromatic rings. The second kappa shape index (κ2) is 9.26. The minimum atomic E-state index is -4.44. The van der Waals surface area contributed by atoms with Crippen molar-refractivity contribution >= 4 is 17.5 Å². The molecule has 1 unspecified atom stereocenters. The number of rotatable bonds is 5. The van der Waals surface area contributed by atoms with Crippen LogP contribution in [0.3, 0.4) is 0 Å². The highest BCUT2D eigenvalue weighted by atomic mass is 19.4. The summed E-state index contributed by atoms with van der Waals surface area (Å²) in [7, 11) is 0. The average Bonchev–Trinajstić information content (AvgIpc) is 3.37. The fourth-order valence-corrected chi connectivity index (χ4v) is 4.48. The van der Waals surface area contributed by atoms with E-state index in [-0.39, 0.29) is 12.4 Å². The Kier molecular flexibility index (Phi) is 6.43. The first kappa shape index (κ1) is 22.2. The number of carbonyl (C=O) groups is 1. The number of alkyl halides is 3. The lowest BCUT2D eigenvalue weighted by Gasteiger charge is -2.24. The summed E-state index contributed by atoms with van der Waals surface area (Å²) in [5, 5.41) is 4.28. The number of nitrogens with two attached hydrogens (primary N) is 1. The number of benzene rings is 1. The third kappa shape index (κ3) is 4.92. The van der Waals surface area contributed by atoms with E-state index >= 15 is 0 Å². The first-order valence-electron chi connectivity index (χ1n) is 10.9. The van der Waals surface area contributed by atoms with E-state index in [1.807, 2.05) is 36.4 Å². The smallest absolute Gasteiger partial charge is 0.410 e. The van der Waals surface area contributed by atoms with Crippen LogP contribution in [0.1, 0.15) is 61.4 Å². The van der Waals surface area contributed by atoms with Crippen LogP contribution in [0.15, 0.2) is 36.4 Å². The Balaban J connectivity index is 1.62. The summed E-state index contributed by atoms with van der Waals surface area (Å²) in [6, 6.07) is 8.87. The molecule has 0 saturated carbocycles. The Hall–Kier alpha value is -2.97. The maximum absolute atomic E-state index is 13.1. The number of likely N-dealkylation sites (tertiary alicyclic amines) is 1. The van der Waals surface area contributed by atoms with Gasteiger partial charge in [-0.15, -0.1) is 0 Å². The Morgan fingerprint density at radius 1 is 1.19 bits per heavy atom. The van der Waals surface area contributed by atoms with Crippen molar-refractivity contribution in [1.29, 1.82) is 0 Å². The van der Waals surface area contributed by atoms with Gasteiger partial charge in [0.1, 0.15) is 19.0 Å². The van der Waals surface area contributed by atoms with E-state index in [0.29, 0.717) is 24.2 Å². The molecule has 2 heterocycles.